The number of imidazole rings is 1. The molecule has 0 bridgehead atoms. The van der Waals surface area contributed by atoms with Crippen molar-refractivity contribution in [3.05, 3.63) is 53.1 Å². The summed E-state index contributed by atoms with van der Waals surface area (Å²) in [6.07, 6.45) is 3.62. The molecule has 0 radical (unpaired) electrons. The van der Waals surface area contributed by atoms with Crippen LogP contribution in [-0.4, -0.2) is 32.8 Å². The van der Waals surface area contributed by atoms with Gasteiger partial charge < -0.3 is 15.2 Å². The Morgan fingerprint density at radius 3 is 2.90 bits per heavy atom. The fourth-order valence-electron chi connectivity index (χ4n) is 4.09. The van der Waals surface area contributed by atoms with Crippen LogP contribution in [0.5, 0.6) is 0 Å². The maximum atomic E-state index is 12.9. The highest BCUT2D eigenvalue weighted by Crippen LogP contribution is 2.30. The second-order valence-electron chi connectivity index (χ2n) is 8.42. The molecule has 3 atom stereocenters. The minimum atomic E-state index is -0.314. The van der Waals surface area contributed by atoms with E-state index in [2.05, 4.69) is 28.2 Å². The SMILES string of the molecule is Cc1ccc(NC(=O)C(C)Sc2nc3ccccc3n2CC2CCCC(C)N2)c(Cl)c1. The van der Waals surface area contributed by atoms with E-state index >= 15 is 0 Å². The van der Waals surface area contributed by atoms with Gasteiger partial charge in [-0.2, -0.15) is 0 Å². The maximum absolute atomic E-state index is 12.9. The summed E-state index contributed by atoms with van der Waals surface area (Å²) < 4.78 is 2.26. The van der Waals surface area contributed by atoms with Gasteiger partial charge in [-0.05, 0) is 63.4 Å². The molecule has 31 heavy (non-hydrogen) atoms. The Balaban J connectivity index is 1.53. The van der Waals surface area contributed by atoms with E-state index in [4.69, 9.17) is 16.6 Å². The van der Waals surface area contributed by atoms with Crippen LogP contribution in [0, 0.1) is 6.92 Å². The predicted molar refractivity (Wildman–Crippen MR) is 130 cm³/mol. The molecule has 3 unspecified atom stereocenters. The fourth-order valence-corrected chi connectivity index (χ4v) is 5.31. The van der Waals surface area contributed by atoms with E-state index < -0.39 is 0 Å². The number of amides is 1. The normalized spacial score (nSPS) is 20.0. The molecule has 2 heterocycles. The van der Waals surface area contributed by atoms with Gasteiger partial charge in [-0.15, -0.1) is 0 Å². The molecule has 1 aliphatic rings. The number of nitrogens with zero attached hydrogens (tertiary/aromatic N) is 2. The molecule has 5 nitrogen and oxygen atoms in total. The van der Waals surface area contributed by atoms with Crippen molar-refractivity contribution in [2.24, 2.45) is 0 Å². The number of thioether (sulfide) groups is 1. The van der Waals surface area contributed by atoms with Gasteiger partial charge in [0, 0.05) is 18.6 Å². The highest BCUT2D eigenvalue weighted by atomic mass is 35.5. The summed E-state index contributed by atoms with van der Waals surface area (Å²) in [5, 5.41) is 7.78. The summed E-state index contributed by atoms with van der Waals surface area (Å²) in [7, 11) is 0. The molecule has 1 saturated heterocycles. The summed E-state index contributed by atoms with van der Waals surface area (Å²) in [6, 6.07) is 14.8. The van der Waals surface area contributed by atoms with E-state index in [9.17, 15) is 4.79 Å². The van der Waals surface area contributed by atoms with E-state index in [-0.39, 0.29) is 11.2 Å². The number of anilines is 1. The first-order chi connectivity index (χ1) is 14.9. The average Bonchev–Trinajstić information content (AvgIpc) is 3.07. The van der Waals surface area contributed by atoms with Gasteiger partial charge in [0.05, 0.1) is 27.0 Å². The molecule has 0 aliphatic carbocycles. The molecule has 1 aromatic heterocycles. The fraction of sp³-hybridized carbons (Fsp3) is 0.417. The number of halogens is 1. The quantitative estimate of drug-likeness (QED) is 0.470. The number of hydrogen-bond donors (Lipinski definition) is 2. The van der Waals surface area contributed by atoms with Crippen LogP contribution in [0.15, 0.2) is 47.6 Å². The van der Waals surface area contributed by atoms with E-state index in [0.29, 0.717) is 22.8 Å². The minimum absolute atomic E-state index is 0.0845. The van der Waals surface area contributed by atoms with Crippen molar-refractivity contribution < 1.29 is 4.79 Å². The summed E-state index contributed by atoms with van der Waals surface area (Å²) in [5.74, 6) is -0.0845. The van der Waals surface area contributed by atoms with Gasteiger partial charge in [-0.3, -0.25) is 4.79 Å². The van der Waals surface area contributed by atoms with Crippen LogP contribution in [0.4, 0.5) is 5.69 Å². The van der Waals surface area contributed by atoms with Crippen LogP contribution >= 0.6 is 23.4 Å². The van der Waals surface area contributed by atoms with Gasteiger partial charge in [0.15, 0.2) is 5.16 Å². The van der Waals surface area contributed by atoms with E-state index in [1.165, 1.54) is 24.6 Å². The second-order valence-corrected chi connectivity index (χ2v) is 10.1. The first-order valence-electron chi connectivity index (χ1n) is 10.9. The molecule has 164 valence electrons. The molecule has 1 amide bonds. The number of rotatable bonds is 6. The zero-order valence-corrected chi connectivity index (χ0v) is 19.8. The number of hydrogen-bond acceptors (Lipinski definition) is 4. The van der Waals surface area contributed by atoms with E-state index in [1.807, 2.05) is 50.2 Å². The standard InChI is InChI=1S/C24H29ClN4OS/c1-15-11-12-20(19(25)13-15)27-23(30)17(3)31-24-28-21-9-4-5-10-22(21)29(24)14-18-8-6-7-16(2)26-18/h4-5,9-13,16-18,26H,6-8,14H2,1-3H3,(H,27,30). The summed E-state index contributed by atoms with van der Waals surface area (Å²) in [4.78, 5) is 17.7. The van der Waals surface area contributed by atoms with Crippen molar-refractivity contribution in [2.75, 3.05) is 5.32 Å². The number of fused-ring (bicyclic) bond motifs is 1. The smallest absolute Gasteiger partial charge is 0.237 e. The third kappa shape index (κ3) is 5.25. The molecule has 2 aromatic carbocycles. The lowest BCUT2D eigenvalue weighted by molar-refractivity contribution is -0.115. The third-order valence-corrected chi connectivity index (χ3v) is 7.17. The maximum Gasteiger partial charge on any atom is 0.237 e. The Labute approximate surface area is 193 Å². The van der Waals surface area contributed by atoms with Gasteiger partial charge in [0.25, 0.3) is 0 Å². The number of benzene rings is 2. The van der Waals surface area contributed by atoms with E-state index in [0.717, 1.165) is 34.7 Å². The number of piperidine rings is 1. The van der Waals surface area contributed by atoms with Gasteiger partial charge >= 0.3 is 0 Å². The van der Waals surface area contributed by atoms with Crippen LogP contribution in [-0.2, 0) is 11.3 Å². The monoisotopic (exact) mass is 456 g/mol. The topological polar surface area (TPSA) is 59.0 Å². The number of carbonyl (C=O) groups excluding carboxylic acids is 1. The van der Waals surface area contributed by atoms with E-state index in [1.54, 1.807) is 0 Å². The molecular formula is C24H29ClN4OS. The van der Waals surface area contributed by atoms with Crippen LogP contribution in [0.1, 0.15) is 38.7 Å². The van der Waals surface area contributed by atoms with Gasteiger partial charge in [-0.25, -0.2) is 4.98 Å². The van der Waals surface area contributed by atoms with Crippen molar-refractivity contribution in [3.63, 3.8) is 0 Å². The van der Waals surface area contributed by atoms with Gasteiger partial charge in [0.1, 0.15) is 0 Å². The Morgan fingerprint density at radius 1 is 1.32 bits per heavy atom. The lowest BCUT2D eigenvalue weighted by atomic mass is 9.99. The third-order valence-electron chi connectivity index (χ3n) is 5.77. The molecule has 4 rings (SSSR count). The van der Waals surface area contributed by atoms with Crippen molar-refractivity contribution >= 4 is 46.0 Å². The molecular weight excluding hydrogens is 428 g/mol. The van der Waals surface area contributed by atoms with Crippen LogP contribution in [0.25, 0.3) is 11.0 Å². The van der Waals surface area contributed by atoms with Crippen molar-refractivity contribution in [3.8, 4) is 0 Å². The number of aromatic nitrogens is 2. The summed E-state index contributed by atoms with van der Waals surface area (Å²) >= 11 is 7.78. The Bertz CT molecular complexity index is 1080. The number of aryl methyl sites for hydroxylation is 1. The Hall–Kier alpha value is -2.02. The lowest BCUT2D eigenvalue weighted by Crippen LogP contribution is -2.43. The first-order valence-corrected chi connectivity index (χ1v) is 12.1. The van der Waals surface area contributed by atoms with Crippen LogP contribution in [0.2, 0.25) is 5.02 Å². The van der Waals surface area contributed by atoms with Gasteiger partial charge in [0.2, 0.25) is 5.91 Å². The number of carbonyl (C=O) groups is 1. The zero-order valence-electron chi connectivity index (χ0n) is 18.2. The molecule has 0 saturated carbocycles. The van der Waals surface area contributed by atoms with Crippen molar-refractivity contribution in [1.29, 1.82) is 0 Å². The molecule has 3 aromatic rings. The second kappa shape index (κ2) is 9.63. The largest absolute Gasteiger partial charge is 0.324 e. The Morgan fingerprint density at radius 2 is 2.13 bits per heavy atom. The zero-order chi connectivity index (χ0) is 22.0. The molecule has 1 aliphatic heterocycles. The summed E-state index contributed by atoms with van der Waals surface area (Å²) in [5.41, 5.74) is 3.77. The van der Waals surface area contributed by atoms with Crippen LogP contribution < -0.4 is 10.6 Å². The molecule has 0 spiro atoms. The number of nitrogens with one attached hydrogen (secondary N) is 2. The van der Waals surface area contributed by atoms with Crippen LogP contribution in [0.3, 0.4) is 0 Å². The highest BCUT2D eigenvalue weighted by molar-refractivity contribution is 8.00. The summed E-state index contributed by atoms with van der Waals surface area (Å²) in [6.45, 7) is 6.98. The predicted octanol–water partition coefficient (Wildman–Crippen LogP) is 5.65. The van der Waals surface area contributed by atoms with Crippen molar-refractivity contribution in [1.82, 2.24) is 14.9 Å². The first kappa shape index (κ1) is 22.2. The molecule has 7 heteroatoms. The van der Waals surface area contributed by atoms with Gasteiger partial charge in [-0.1, -0.05) is 48.0 Å². The molecule has 2 N–H and O–H groups in total. The highest BCUT2D eigenvalue weighted by Gasteiger charge is 2.24. The minimum Gasteiger partial charge on any atom is -0.324 e. The lowest BCUT2D eigenvalue weighted by Gasteiger charge is -2.29. The van der Waals surface area contributed by atoms with Crippen molar-refractivity contribution in [2.45, 2.75) is 69.1 Å². The molecule has 1 fully saturated rings. The average molecular weight is 457 g/mol. The Kier molecular flexibility index (Phi) is 6.89. The number of para-hydroxylation sites is 2.